The summed E-state index contributed by atoms with van der Waals surface area (Å²) >= 11 is 0. The minimum atomic E-state index is -0.984. The van der Waals surface area contributed by atoms with Crippen LogP contribution >= 0.6 is 0 Å². The number of aromatic amines is 1. The Bertz CT molecular complexity index is 1110. The molecular weight excluding hydrogens is 414 g/mol. The molecule has 0 aliphatic carbocycles. The number of nitrogens with zero attached hydrogens (tertiary/aromatic N) is 1. The number of carbonyl (C=O) groups is 2. The smallest absolute Gasteiger partial charge is 0.408 e. The zero-order chi connectivity index (χ0) is 23.3. The monoisotopic (exact) mass is 439 g/mol. The highest BCUT2D eigenvalue weighted by molar-refractivity contribution is 5.86. The zero-order valence-electron chi connectivity index (χ0n) is 18.1. The van der Waals surface area contributed by atoms with Crippen LogP contribution in [0.3, 0.4) is 0 Å². The van der Waals surface area contributed by atoms with Gasteiger partial charge >= 0.3 is 12.1 Å². The van der Waals surface area contributed by atoms with Gasteiger partial charge in [-0.25, -0.2) is 9.59 Å². The van der Waals surface area contributed by atoms with E-state index in [1.165, 1.54) is 24.3 Å². The molecule has 1 unspecified atom stereocenters. The molecular formula is C23H25N3O6. The average molecular weight is 439 g/mol. The summed E-state index contributed by atoms with van der Waals surface area (Å²) < 4.78 is 10.7. The van der Waals surface area contributed by atoms with Gasteiger partial charge in [0, 0.05) is 35.7 Å². The van der Waals surface area contributed by atoms with Gasteiger partial charge in [-0.2, -0.15) is 0 Å². The summed E-state index contributed by atoms with van der Waals surface area (Å²) in [7, 11) is 0. The molecule has 32 heavy (non-hydrogen) atoms. The van der Waals surface area contributed by atoms with Crippen molar-refractivity contribution in [2.75, 3.05) is 0 Å². The normalized spacial score (nSPS) is 12.2. The number of esters is 1. The van der Waals surface area contributed by atoms with Gasteiger partial charge in [0.05, 0.1) is 4.92 Å². The van der Waals surface area contributed by atoms with Gasteiger partial charge in [-0.15, -0.1) is 0 Å². The van der Waals surface area contributed by atoms with Crippen molar-refractivity contribution in [1.29, 1.82) is 0 Å². The van der Waals surface area contributed by atoms with Crippen LogP contribution in [0.5, 0.6) is 0 Å². The van der Waals surface area contributed by atoms with Crippen molar-refractivity contribution in [2.24, 2.45) is 0 Å². The first-order chi connectivity index (χ1) is 15.1. The van der Waals surface area contributed by atoms with Gasteiger partial charge in [0.25, 0.3) is 5.69 Å². The van der Waals surface area contributed by atoms with Crippen molar-refractivity contribution in [1.82, 2.24) is 10.3 Å². The molecule has 0 radical (unpaired) electrons. The Balaban J connectivity index is 1.73. The molecule has 0 saturated heterocycles. The highest BCUT2D eigenvalue weighted by Gasteiger charge is 2.27. The fourth-order valence-electron chi connectivity index (χ4n) is 3.13. The first-order valence-corrected chi connectivity index (χ1v) is 10.1. The highest BCUT2D eigenvalue weighted by atomic mass is 16.6. The van der Waals surface area contributed by atoms with E-state index in [2.05, 4.69) is 10.3 Å². The van der Waals surface area contributed by atoms with E-state index in [-0.39, 0.29) is 18.7 Å². The largest absolute Gasteiger partial charge is 0.459 e. The lowest BCUT2D eigenvalue weighted by Crippen LogP contribution is -2.45. The van der Waals surface area contributed by atoms with Gasteiger partial charge in [0.15, 0.2) is 0 Å². The van der Waals surface area contributed by atoms with Crippen LogP contribution in [0, 0.1) is 10.1 Å². The highest BCUT2D eigenvalue weighted by Crippen LogP contribution is 2.20. The predicted octanol–water partition coefficient (Wildman–Crippen LogP) is 4.26. The van der Waals surface area contributed by atoms with Crippen molar-refractivity contribution < 1.29 is 24.0 Å². The fourth-order valence-corrected chi connectivity index (χ4v) is 3.13. The van der Waals surface area contributed by atoms with Gasteiger partial charge in [-0.05, 0) is 50.1 Å². The standard InChI is InChI=1S/C23H25N3O6/c1-23(2,3)32-22(28)25-20(12-16-13-24-19-7-5-4-6-18(16)19)21(27)31-14-15-8-10-17(11-9-15)26(29)30/h4-11,13,20,24H,12,14H2,1-3H3,(H,25,28). The third kappa shape index (κ3) is 6.07. The number of nitro benzene ring substituents is 1. The number of rotatable bonds is 7. The second-order valence-electron chi connectivity index (χ2n) is 8.29. The molecule has 2 aromatic carbocycles. The molecule has 3 rings (SSSR count). The molecule has 1 aromatic heterocycles. The number of nitro groups is 1. The number of non-ortho nitro benzene ring substituents is 1. The second-order valence-corrected chi connectivity index (χ2v) is 8.29. The van der Waals surface area contributed by atoms with Crippen molar-refractivity contribution in [3.8, 4) is 0 Å². The Hall–Kier alpha value is -3.88. The number of ether oxygens (including phenoxy) is 2. The minimum absolute atomic E-state index is 0.0520. The van der Waals surface area contributed by atoms with E-state index < -0.39 is 28.6 Å². The third-order valence-electron chi connectivity index (χ3n) is 4.60. The van der Waals surface area contributed by atoms with Crippen LogP contribution in [0.25, 0.3) is 10.9 Å². The molecule has 0 spiro atoms. The van der Waals surface area contributed by atoms with E-state index in [9.17, 15) is 19.7 Å². The molecule has 1 atom stereocenters. The Labute approximate surface area is 184 Å². The summed E-state index contributed by atoms with van der Waals surface area (Å²) in [6, 6.07) is 12.4. The maximum Gasteiger partial charge on any atom is 0.408 e. The number of nitrogens with one attached hydrogen (secondary N) is 2. The quantitative estimate of drug-likeness (QED) is 0.322. The van der Waals surface area contributed by atoms with Gasteiger partial charge in [-0.1, -0.05) is 18.2 Å². The molecule has 0 aliphatic heterocycles. The number of hydrogen-bond donors (Lipinski definition) is 2. The lowest BCUT2D eigenvalue weighted by molar-refractivity contribution is -0.384. The van der Waals surface area contributed by atoms with E-state index >= 15 is 0 Å². The topological polar surface area (TPSA) is 124 Å². The number of carbonyl (C=O) groups excluding carboxylic acids is 2. The molecule has 9 heteroatoms. The van der Waals surface area contributed by atoms with Crippen LogP contribution in [0.1, 0.15) is 31.9 Å². The summed E-state index contributed by atoms with van der Waals surface area (Å²) in [5.74, 6) is -0.639. The average Bonchev–Trinajstić information content (AvgIpc) is 3.13. The molecule has 168 valence electrons. The third-order valence-corrected chi connectivity index (χ3v) is 4.60. The number of alkyl carbamates (subject to hydrolysis) is 1. The van der Waals surface area contributed by atoms with Crippen molar-refractivity contribution in [2.45, 2.75) is 45.4 Å². The number of H-pyrrole nitrogens is 1. The molecule has 9 nitrogen and oxygen atoms in total. The Morgan fingerprint density at radius 2 is 1.81 bits per heavy atom. The number of benzene rings is 2. The Kier molecular flexibility index (Phi) is 6.77. The van der Waals surface area contributed by atoms with Gasteiger partial charge in [-0.3, -0.25) is 10.1 Å². The van der Waals surface area contributed by atoms with Crippen molar-refractivity contribution in [3.63, 3.8) is 0 Å². The molecule has 2 N–H and O–H groups in total. The van der Waals surface area contributed by atoms with E-state index in [1.807, 2.05) is 24.3 Å². The van der Waals surface area contributed by atoms with E-state index in [4.69, 9.17) is 9.47 Å². The summed E-state index contributed by atoms with van der Waals surface area (Å²) in [5.41, 5.74) is 1.57. The second kappa shape index (κ2) is 9.51. The molecule has 1 amide bonds. The molecule has 0 aliphatic rings. The Morgan fingerprint density at radius 1 is 1.12 bits per heavy atom. The van der Waals surface area contributed by atoms with Crippen LogP contribution in [0.15, 0.2) is 54.7 Å². The summed E-state index contributed by atoms with van der Waals surface area (Å²) in [5, 5.41) is 14.3. The Morgan fingerprint density at radius 3 is 2.47 bits per heavy atom. The van der Waals surface area contributed by atoms with E-state index in [1.54, 1.807) is 27.0 Å². The first-order valence-electron chi connectivity index (χ1n) is 10.1. The van der Waals surface area contributed by atoms with Crippen molar-refractivity contribution >= 4 is 28.7 Å². The van der Waals surface area contributed by atoms with Gasteiger partial charge < -0.3 is 19.8 Å². The summed E-state index contributed by atoms with van der Waals surface area (Å²) in [4.78, 5) is 38.6. The predicted molar refractivity (Wildman–Crippen MR) is 118 cm³/mol. The van der Waals surface area contributed by atoms with Gasteiger partial charge in [0.2, 0.25) is 0 Å². The lowest BCUT2D eigenvalue weighted by atomic mass is 10.1. The first kappa shape index (κ1) is 22.8. The number of amides is 1. The summed E-state index contributed by atoms with van der Waals surface area (Å²) in [6.45, 7) is 5.10. The van der Waals surface area contributed by atoms with Crippen molar-refractivity contribution in [3.05, 3.63) is 76.0 Å². The molecule has 3 aromatic rings. The van der Waals surface area contributed by atoms with Crippen LogP contribution in [-0.4, -0.2) is 33.6 Å². The molecule has 0 bridgehead atoms. The number of aromatic nitrogens is 1. The number of para-hydroxylation sites is 1. The van der Waals surface area contributed by atoms with Crippen LogP contribution in [0.4, 0.5) is 10.5 Å². The minimum Gasteiger partial charge on any atom is -0.459 e. The van der Waals surface area contributed by atoms with Crippen LogP contribution in [-0.2, 0) is 27.3 Å². The molecule has 1 heterocycles. The van der Waals surface area contributed by atoms with Crippen LogP contribution < -0.4 is 5.32 Å². The SMILES string of the molecule is CC(C)(C)OC(=O)NC(Cc1c[nH]c2ccccc12)C(=O)OCc1ccc([N+](=O)[O-])cc1. The summed E-state index contributed by atoms with van der Waals surface area (Å²) in [6.07, 6.45) is 1.26. The van der Waals surface area contributed by atoms with Crippen LogP contribution in [0.2, 0.25) is 0 Å². The van der Waals surface area contributed by atoms with E-state index in [0.29, 0.717) is 5.56 Å². The molecule has 0 saturated carbocycles. The maximum atomic E-state index is 12.8. The van der Waals surface area contributed by atoms with E-state index in [0.717, 1.165) is 16.5 Å². The molecule has 0 fully saturated rings. The maximum absolute atomic E-state index is 12.8. The number of hydrogen-bond acceptors (Lipinski definition) is 6. The zero-order valence-corrected chi connectivity index (χ0v) is 18.1. The fraction of sp³-hybridized carbons (Fsp3) is 0.304. The lowest BCUT2D eigenvalue weighted by Gasteiger charge is -2.23. The van der Waals surface area contributed by atoms with Gasteiger partial charge in [0.1, 0.15) is 18.2 Å². The number of fused-ring (bicyclic) bond motifs is 1.